The summed E-state index contributed by atoms with van der Waals surface area (Å²) in [4.78, 5) is 80.7. The molecule has 4 saturated carbocycles. The van der Waals surface area contributed by atoms with Crippen LogP contribution in [0.4, 0.5) is 4.79 Å². The number of carbonyl (C=O) groups excluding carboxylic acids is 6. The number of piperidine rings is 1. The highest BCUT2D eigenvalue weighted by Crippen LogP contribution is 2.65. The molecule has 0 radical (unpaired) electrons. The first-order chi connectivity index (χ1) is 20.6. The van der Waals surface area contributed by atoms with Crippen LogP contribution in [0.2, 0.25) is 0 Å². The lowest BCUT2D eigenvalue weighted by Gasteiger charge is -2.40. The van der Waals surface area contributed by atoms with Crippen molar-refractivity contribution in [2.24, 2.45) is 40.2 Å². The Balaban J connectivity index is 1.32. The molecule has 0 aromatic rings. The van der Waals surface area contributed by atoms with Gasteiger partial charge in [-0.05, 0) is 73.0 Å². The number of ketones is 1. The van der Waals surface area contributed by atoms with Crippen molar-refractivity contribution < 1.29 is 28.8 Å². The van der Waals surface area contributed by atoms with Crippen LogP contribution in [0.1, 0.15) is 92.4 Å². The second-order valence-electron chi connectivity index (χ2n) is 15.6. The Labute approximate surface area is 259 Å². The molecule has 0 aromatic carbocycles. The molecule has 1 aliphatic heterocycles. The molecule has 0 bridgehead atoms. The number of nitrogens with one attached hydrogen (secondary N) is 4. The third-order valence-corrected chi connectivity index (χ3v) is 10.8. The van der Waals surface area contributed by atoms with E-state index >= 15 is 0 Å². The standard InChI is InChI=1S/C32H50N6O6/c1-30(2,3)24(36-29(44)37-32(13-7-6-8-14-32)28(43)34-15-17-9-10-17)27(42)38-16-19-20(31(19,4)5)22(38)26(41)35-21(18-11-12-18)23(39)25(33)40/h17-22,24H,6-16H2,1-5H3,(H2,33,40)(H,34,43)(H,35,41)(H2,36,37,44)/t19-,20-,21?,22-,24+/m0/s1. The number of rotatable bonds is 11. The SMILES string of the molecule is CC(C)(C)[C@H](NC(=O)NC1(C(=O)NCC2CC2)CCCCC1)C(=O)N1C[C@H]2[C@@H]([C@H]1C(=O)NC(C(=O)C(N)=O)C1CC1)C2(C)C. The van der Waals surface area contributed by atoms with Crippen molar-refractivity contribution in [3.63, 3.8) is 0 Å². The molecule has 244 valence electrons. The normalized spacial score (nSPS) is 28.1. The molecule has 5 fully saturated rings. The van der Waals surface area contributed by atoms with Crippen molar-refractivity contribution in [3.8, 4) is 0 Å². The molecule has 1 saturated heterocycles. The maximum atomic E-state index is 14.3. The van der Waals surface area contributed by atoms with Crippen LogP contribution < -0.4 is 27.0 Å². The largest absolute Gasteiger partial charge is 0.363 e. The quantitative estimate of drug-likeness (QED) is 0.219. The van der Waals surface area contributed by atoms with E-state index in [2.05, 4.69) is 35.1 Å². The number of fused-ring (bicyclic) bond motifs is 1. The Morgan fingerprint density at radius 2 is 1.57 bits per heavy atom. The minimum absolute atomic E-state index is 0.0866. The van der Waals surface area contributed by atoms with Crippen LogP contribution in [0.15, 0.2) is 0 Å². The molecule has 6 amide bonds. The third kappa shape index (κ3) is 6.44. The number of hydrogen-bond donors (Lipinski definition) is 5. The number of hydrogen-bond acceptors (Lipinski definition) is 6. The van der Waals surface area contributed by atoms with Gasteiger partial charge in [-0.15, -0.1) is 0 Å². The Kier molecular flexibility index (Phi) is 8.52. The van der Waals surface area contributed by atoms with Gasteiger partial charge < -0.3 is 31.9 Å². The van der Waals surface area contributed by atoms with Crippen molar-refractivity contribution in [2.75, 3.05) is 13.1 Å². The summed E-state index contributed by atoms with van der Waals surface area (Å²) in [5.74, 6) is -2.64. The zero-order valence-corrected chi connectivity index (χ0v) is 26.8. The van der Waals surface area contributed by atoms with Crippen LogP contribution in [0.5, 0.6) is 0 Å². The summed E-state index contributed by atoms with van der Waals surface area (Å²) in [6, 6.07) is -3.43. The molecule has 4 aliphatic carbocycles. The van der Waals surface area contributed by atoms with Crippen LogP contribution in [0.3, 0.4) is 0 Å². The van der Waals surface area contributed by atoms with Gasteiger partial charge >= 0.3 is 6.03 Å². The summed E-state index contributed by atoms with van der Waals surface area (Å²) in [6.45, 7) is 10.6. The molecule has 6 N–H and O–H groups in total. The molecule has 5 aliphatic rings. The minimum atomic E-state index is -1.09. The van der Waals surface area contributed by atoms with Gasteiger partial charge in [-0.25, -0.2) is 4.79 Å². The second kappa shape index (κ2) is 11.6. The van der Waals surface area contributed by atoms with Crippen molar-refractivity contribution in [2.45, 2.75) is 116 Å². The average molecular weight is 615 g/mol. The first-order valence-corrected chi connectivity index (χ1v) is 16.4. The van der Waals surface area contributed by atoms with E-state index in [9.17, 15) is 28.8 Å². The fraction of sp³-hybridized carbons (Fsp3) is 0.812. The van der Waals surface area contributed by atoms with Crippen molar-refractivity contribution in [1.82, 2.24) is 26.2 Å². The van der Waals surface area contributed by atoms with Gasteiger partial charge in [0.25, 0.3) is 5.91 Å². The van der Waals surface area contributed by atoms with Gasteiger partial charge in [0.15, 0.2) is 0 Å². The van der Waals surface area contributed by atoms with Crippen LogP contribution in [0, 0.1) is 34.5 Å². The Morgan fingerprint density at radius 1 is 0.932 bits per heavy atom. The minimum Gasteiger partial charge on any atom is -0.363 e. The summed E-state index contributed by atoms with van der Waals surface area (Å²) < 4.78 is 0. The van der Waals surface area contributed by atoms with E-state index in [-0.39, 0.29) is 29.1 Å². The lowest BCUT2D eigenvalue weighted by molar-refractivity contribution is -0.145. The van der Waals surface area contributed by atoms with E-state index in [1.807, 2.05) is 20.8 Å². The van der Waals surface area contributed by atoms with Crippen molar-refractivity contribution in [1.29, 1.82) is 0 Å². The maximum absolute atomic E-state index is 14.3. The van der Waals surface area contributed by atoms with Crippen LogP contribution in [-0.4, -0.2) is 77.1 Å². The smallest absolute Gasteiger partial charge is 0.316 e. The number of Topliss-reactive ketones (excluding diaryl/α,β-unsaturated/α-hetero) is 1. The molecule has 12 nitrogen and oxygen atoms in total. The molecular weight excluding hydrogens is 564 g/mol. The van der Waals surface area contributed by atoms with E-state index in [4.69, 9.17) is 5.73 Å². The summed E-state index contributed by atoms with van der Waals surface area (Å²) in [7, 11) is 0. The summed E-state index contributed by atoms with van der Waals surface area (Å²) in [6.07, 6.45) is 7.33. The predicted molar refractivity (Wildman–Crippen MR) is 162 cm³/mol. The van der Waals surface area contributed by atoms with Crippen molar-refractivity contribution >= 4 is 35.4 Å². The third-order valence-electron chi connectivity index (χ3n) is 10.8. The number of nitrogens with two attached hydrogens (primary N) is 1. The summed E-state index contributed by atoms with van der Waals surface area (Å²) in [5.41, 5.74) is 3.35. The van der Waals surface area contributed by atoms with Crippen LogP contribution in [-0.2, 0) is 24.0 Å². The molecule has 44 heavy (non-hydrogen) atoms. The van der Waals surface area contributed by atoms with Gasteiger partial charge in [0.2, 0.25) is 23.5 Å². The Morgan fingerprint density at radius 3 is 2.11 bits per heavy atom. The number of primary amides is 1. The molecular formula is C32H50N6O6. The summed E-state index contributed by atoms with van der Waals surface area (Å²) >= 11 is 0. The molecule has 0 aromatic heterocycles. The lowest BCUT2D eigenvalue weighted by atomic mass is 9.80. The zero-order valence-electron chi connectivity index (χ0n) is 26.8. The highest BCUT2D eigenvalue weighted by Gasteiger charge is 2.70. The lowest BCUT2D eigenvalue weighted by Crippen LogP contribution is -2.65. The fourth-order valence-electron chi connectivity index (χ4n) is 7.52. The summed E-state index contributed by atoms with van der Waals surface area (Å²) in [5, 5.41) is 11.7. The Bertz CT molecular complexity index is 1210. The topological polar surface area (TPSA) is 180 Å². The highest BCUT2D eigenvalue weighted by molar-refractivity contribution is 6.38. The zero-order chi connectivity index (χ0) is 32.2. The number of likely N-dealkylation sites (tertiary alicyclic amines) is 1. The molecule has 1 heterocycles. The Hall–Kier alpha value is -3.18. The van der Waals surface area contributed by atoms with Crippen molar-refractivity contribution in [3.05, 3.63) is 0 Å². The van der Waals surface area contributed by atoms with Crippen LogP contribution in [0.25, 0.3) is 0 Å². The predicted octanol–water partition coefficient (Wildman–Crippen LogP) is 1.36. The first kappa shape index (κ1) is 32.2. The number of nitrogens with zero attached hydrogens (tertiary/aromatic N) is 1. The molecule has 1 unspecified atom stereocenters. The monoisotopic (exact) mass is 614 g/mol. The number of urea groups is 1. The fourth-order valence-corrected chi connectivity index (χ4v) is 7.52. The number of amides is 6. The second-order valence-corrected chi connectivity index (χ2v) is 15.6. The maximum Gasteiger partial charge on any atom is 0.316 e. The molecule has 12 heteroatoms. The van der Waals surface area contributed by atoms with E-state index < -0.39 is 58.6 Å². The number of carbonyl (C=O) groups is 6. The van der Waals surface area contributed by atoms with Gasteiger partial charge in [0.05, 0.1) is 0 Å². The molecule has 5 atom stereocenters. The van der Waals surface area contributed by atoms with E-state index in [0.29, 0.717) is 44.7 Å². The molecule has 5 rings (SSSR count). The van der Waals surface area contributed by atoms with Crippen LogP contribution >= 0.6 is 0 Å². The van der Waals surface area contributed by atoms with E-state index in [1.54, 1.807) is 0 Å². The van der Waals surface area contributed by atoms with E-state index in [1.165, 1.54) is 4.90 Å². The average Bonchev–Trinajstić information content (AvgIpc) is 3.90. The van der Waals surface area contributed by atoms with Gasteiger partial charge in [-0.2, -0.15) is 0 Å². The van der Waals surface area contributed by atoms with Gasteiger partial charge in [0, 0.05) is 13.1 Å². The highest BCUT2D eigenvalue weighted by atomic mass is 16.2. The van der Waals surface area contributed by atoms with Gasteiger partial charge in [-0.3, -0.25) is 24.0 Å². The first-order valence-electron chi connectivity index (χ1n) is 16.4. The van der Waals surface area contributed by atoms with Gasteiger partial charge in [0.1, 0.15) is 23.7 Å². The van der Waals surface area contributed by atoms with E-state index in [0.717, 1.165) is 32.1 Å². The molecule has 0 spiro atoms. The van der Waals surface area contributed by atoms with Gasteiger partial charge in [-0.1, -0.05) is 53.9 Å².